The van der Waals surface area contributed by atoms with E-state index in [1.165, 1.54) is 44.9 Å². The molecule has 0 radical (unpaired) electrons. The number of nitrogens with one attached hydrogen (secondary N) is 1. The van der Waals surface area contributed by atoms with Gasteiger partial charge >= 0.3 is 0 Å². The summed E-state index contributed by atoms with van der Waals surface area (Å²) in [5, 5.41) is 3.47. The fourth-order valence-electron chi connectivity index (χ4n) is 4.38. The third-order valence-electron chi connectivity index (χ3n) is 5.87. The monoisotopic (exact) mass is 366 g/mol. The largest absolute Gasteiger partial charge is 0.379 e. The van der Waals surface area contributed by atoms with E-state index in [-0.39, 0.29) is 0 Å². The average Bonchev–Trinajstić information content (AvgIpc) is 3.02. The molecule has 0 aromatic heterocycles. The van der Waals surface area contributed by atoms with Gasteiger partial charge in [0.15, 0.2) is 5.96 Å². The summed E-state index contributed by atoms with van der Waals surface area (Å²) in [4.78, 5) is 9.86. The molecular weight excluding hydrogens is 328 g/mol. The van der Waals surface area contributed by atoms with E-state index in [1.807, 2.05) is 0 Å². The molecule has 150 valence electrons. The van der Waals surface area contributed by atoms with Gasteiger partial charge in [0.2, 0.25) is 0 Å². The van der Waals surface area contributed by atoms with Gasteiger partial charge in [0.25, 0.3) is 0 Å². The smallest absolute Gasteiger partial charge is 0.194 e. The molecule has 2 aliphatic heterocycles. The molecule has 3 rings (SSSR count). The molecule has 2 heterocycles. The molecule has 3 fully saturated rings. The van der Waals surface area contributed by atoms with Crippen molar-refractivity contribution in [3.05, 3.63) is 0 Å². The van der Waals surface area contributed by atoms with Gasteiger partial charge in [-0.05, 0) is 26.2 Å². The zero-order valence-electron chi connectivity index (χ0n) is 16.6. The number of aliphatic imine (C=N–C) groups is 1. The van der Waals surface area contributed by atoms with Crippen LogP contribution in [0.5, 0.6) is 0 Å². The van der Waals surface area contributed by atoms with Gasteiger partial charge in [-0.1, -0.05) is 25.7 Å². The fourth-order valence-corrected chi connectivity index (χ4v) is 4.38. The lowest BCUT2D eigenvalue weighted by Gasteiger charge is -2.32. The fraction of sp³-hybridized carbons (Fsp3) is 0.950. The number of nitrogens with zero attached hydrogens (tertiary/aromatic N) is 3. The van der Waals surface area contributed by atoms with E-state index in [4.69, 9.17) is 14.5 Å². The molecule has 3 aliphatic rings. The Bertz CT molecular complexity index is 418. The number of hydrogen-bond acceptors (Lipinski definition) is 4. The topological polar surface area (TPSA) is 49.3 Å². The van der Waals surface area contributed by atoms with Crippen molar-refractivity contribution in [2.75, 3.05) is 59.1 Å². The maximum Gasteiger partial charge on any atom is 0.194 e. The second-order valence-electron chi connectivity index (χ2n) is 7.76. The summed E-state index contributed by atoms with van der Waals surface area (Å²) in [6.07, 6.45) is 9.56. The van der Waals surface area contributed by atoms with Crippen LogP contribution in [0.4, 0.5) is 0 Å². The molecule has 1 N–H and O–H groups in total. The molecule has 0 amide bonds. The predicted octanol–water partition coefficient (Wildman–Crippen LogP) is 2.10. The van der Waals surface area contributed by atoms with Crippen molar-refractivity contribution >= 4 is 5.96 Å². The quantitative estimate of drug-likeness (QED) is 0.338. The first kappa shape index (κ1) is 19.9. The van der Waals surface area contributed by atoms with Crippen LogP contribution in [0.1, 0.15) is 51.9 Å². The van der Waals surface area contributed by atoms with E-state index in [2.05, 4.69) is 22.0 Å². The van der Waals surface area contributed by atoms with Crippen LogP contribution < -0.4 is 5.32 Å². The number of rotatable bonds is 6. The van der Waals surface area contributed by atoms with E-state index < -0.39 is 0 Å². The highest BCUT2D eigenvalue weighted by Crippen LogP contribution is 2.20. The number of likely N-dealkylation sites (tertiary alicyclic amines) is 1. The Hall–Kier alpha value is -0.850. The summed E-state index contributed by atoms with van der Waals surface area (Å²) in [6, 6.07) is 0.644. The lowest BCUT2D eigenvalue weighted by Crippen LogP contribution is -2.46. The standard InChI is InChI=1S/C20H38N4O2/c1-2-21-20(22-10-14-26-19-7-5-3-4-6-8-19)24-11-9-18(17-24)23-12-15-25-16-13-23/h18-19H,2-17H2,1H3,(H,21,22). The molecule has 6 nitrogen and oxygen atoms in total. The third-order valence-corrected chi connectivity index (χ3v) is 5.87. The highest BCUT2D eigenvalue weighted by Gasteiger charge is 2.30. The van der Waals surface area contributed by atoms with Crippen LogP contribution in [0.3, 0.4) is 0 Å². The number of hydrogen-bond donors (Lipinski definition) is 1. The van der Waals surface area contributed by atoms with Gasteiger partial charge in [0.05, 0.1) is 32.5 Å². The van der Waals surface area contributed by atoms with E-state index in [9.17, 15) is 0 Å². The van der Waals surface area contributed by atoms with Crippen molar-refractivity contribution in [2.45, 2.75) is 64.0 Å². The highest BCUT2D eigenvalue weighted by molar-refractivity contribution is 5.80. The number of guanidine groups is 1. The first-order valence-electron chi connectivity index (χ1n) is 10.8. The zero-order chi connectivity index (χ0) is 18.0. The summed E-state index contributed by atoms with van der Waals surface area (Å²) in [7, 11) is 0. The lowest BCUT2D eigenvalue weighted by atomic mass is 10.1. The van der Waals surface area contributed by atoms with E-state index in [0.717, 1.165) is 65.0 Å². The van der Waals surface area contributed by atoms with Crippen molar-refractivity contribution in [3.63, 3.8) is 0 Å². The Labute approximate surface area is 159 Å². The Morgan fingerprint density at radius 3 is 2.58 bits per heavy atom. The molecule has 1 unspecified atom stereocenters. The van der Waals surface area contributed by atoms with Gasteiger partial charge in [0, 0.05) is 38.8 Å². The van der Waals surface area contributed by atoms with Crippen LogP contribution in [-0.4, -0.2) is 87.0 Å². The maximum atomic E-state index is 6.09. The molecular formula is C20H38N4O2. The molecule has 0 aromatic rings. The Kier molecular flexibility index (Phi) is 8.49. The van der Waals surface area contributed by atoms with Crippen molar-refractivity contribution in [1.29, 1.82) is 0 Å². The first-order chi connectivity index (χ1) is 12.9. The molecule has 0 bridgehead atoms. The van der Waals surface area contributed by atoms with E-state index >= 15 is 0 Å². The SMILES string of the molecule is CCNC(=NCCOC1CCCCCC1)N1CCC(N2CCOCC2)C1. The molecule has 6 heteroatoms. The van der Waals surface area contributed by atoms with Crippen LogP contribution in [0, 0.1) is 0 Å². The molecule has 26 heavy (non-hydrogen) atoms. The van der Waals surface area contributed by atoms with Gasteiger partial charge in [0.1, 0.15) is 0 Å². The number of ether oxygens (including phenoxy) is 2. The van der Waals surface area contributed by atoms with Crippen LogP contribution in [0.15, 0.2) is 4.99 Å². The molecule has 2 saturated heterocycles. The van der Waals surface area contributed by atoms with Crippen molar-refractivity contribution in [2.24, 2.45) is 4.99 Å². The van der Waals surface area contributed by atoms with Crippen molar-refractivity contribution in [1.82, 2.24) is 15.1 Å². The van der Waals surface area contributed by atoms with Crippen LogP contribution in [0.25, 0.3) is 0 Å². The van der Waals surface area contributed by atoms with Gasteiger partial charge < -0.3 is 19.7 Å². The zero-order valence-corrected chi connectivity index (χ0v) is 16.6. The summed E-state index contributed by atoms with van der Waals surface area (Å²) in [6.45, 7) is 10.6. The minimum absolute atomic E-state index is 0.466. The first-order valence-corrected chi connectivity index (χ1v) is 10.8. The Morgan fingerprint density at radius 1 is 1.08 bits per heavy atom. The molecule has 1 atom stereocenters. The molecule has 1 aliphatic carbocycles. The highest BCUT2D eigenvalue weighted by atomic mass is 16.5. The third kappa shape index (κ3) is 6.10. The lowest BCUT2D eigenvalue weighted by molar-refractivity contribution is 0.0194. The van der Waals surface area contributed by atoms with E-state index in [1.54, 1.807) is 0 Å². The second-order valence-corrected chi connectivity index (χ2v) is 7.76. The average molecular weight is 367 g/mol. The maximum absolute atomic E-state index is 6.09. The minimum Gasteiger partial charge on any atom is -0.379 e. The van der Waals surface area contributed by atoms with E-state index in [0.29, 0.717) is 12.1 Å². The van der Waals surface area contributed by atoms with Gasteiger partial charge in [-0.3, -0.25) is 9.89 Å². The van der Waals surface area contributed by atoms with Crippen molar-refractivity contribution in [3.8, 4) is 0 Å². The van der Waals surface area contributed by atoms with Crippen molar-refractivity contribution < 1.29 is 9.47 Å². The minimum atomic E-state index is 0.466. The second kappa shape index (κ2) is 11.1. The van der Waals surface area contributed by atoms with Gasteiger partial charge in [-0.2, -0.15) is 0 Å². The molecule has 0 aromatic carbocycles. The molecule has 0 spiro atoms. The van der Waals surface area contributed by atoms with Crippen LogP contribution in [-0.2, 0) is 9.47 Å². The summed E-state index contributed by atoms with van der Waals surface area (Å²) in [5.41, 5.74) is 0. The van der Waals surface area contributed by atoms with Crippen LogP contribution >= 0.6 is 0 Å². The Morgan fingerprint density at radius 2 is 1.85 bits per heavy atom. The summed E-state index contributed by atoms with van der Waals surface area (Å²) in [5.74, 6) is 1.06. The van der Waals surface area contributed by atoms with Gasteiger partial charge in [-0.25, -0.2) is 0 Å². The normalized spacial score (nSPS) is 26.9. The summed E-state index contributed by atoms with van der Waals surface area (Å²) < 4.78 is 11.6. The Balaban J connectivity index is 1.43. The number of morpholine rings is 1. The predicted molar refractivity (Wildman–Crippen MR) is 106 cm³/mol. The van der Waals surface area contributed by atoms with Gasteiger partial charge in [-0.15, -0.1) is 0 Å². The molecule has 1 saturated carbocycles. The van der Waals surface area contributed by atoms with Crippen LogP contribution in [0.2, 0.25) is 0 Å². The summed E-state index contributed by atoms with van der Waals surface area (Å²) >= 11 is 0.